The van der Waals surface area contributed by atoms with Crippen molar-refractivity contribution in [2.45, 2.75) is 13.3 Å². The highest BCUT2D eigenvalue weighted by molar-refractivity contribution is 5.85. The van der Waals surface area contributed by atoms with E-state index in [9.17, 15) is 4.79 Å². The van der Waals surface area contributed by atoms with Crippen LogP contribution in [0.3, 0.4) is 0 Å². The third-order valence-electron chi connectivity index (χ3n) is 1.18. The summed E-state index contributed by atoms with van der Waals surface area (Å²) >= 11 is 0. The van der Waals surface area contributed by atoms with Gasteiger partial charge >= 0.3 is 0 Å². The molecule has 4 nitrogen and oxygen atoms in total. The predicted molar refractivity (Wildman–Crippen MR) is 55.8 cm³/mol. The second kappa shape index (κ2) is 9.39. The molecular weight excluding hydrogens is 190 g/mol. The number of rotatable bonds is 4. The fourth-order valence-electron chi connectivity index (χ4n) is 0.537. The molecule has 5 heteroatoms. The highest BCUT2D eigenvalue weighted by Gasteiger charge is 1.97. The molecule has 0 rings (SSSR count). The summed E-state index contributed by atoms with van der Waals surface area (Å²) in [7, 11) is 3.83. The van der Waals surface area contributed by atoms with Gasteiger partial charge < -0.3 is 4.90 Å². The fourth-order valence-corrected chi connectivity index (χ4v) is 0.537. The van der Waals surface area contributed by atoms with Crippen molar-refractivity contribution >= 4 is 24.3 Å². The van der Waals surface area contributed by atoms with E-state index in [-0.39, 0.29) is 18.3 Å². The van der Waals surface area contributed by atoms with Crippen LogP contribution in [-0.2, 0) is 4.79 Å². The minimum absolute atomic E-state index is 0. The standard InChI is InChI=1S/C8H15N3O.ClH/c1-4-9-7-10-8(12)5-6-11(2)3;/h4-6H2,1-3H3;1H. The topological polar surface area (TPSA) is 45.0 Å². The van der Waals surface area contributed by atoms with Crippen molar-refractivity contribution in [3.8, 4) is 0 Å². The van der Waals surface area contributed by atoms with Gasteiger partial charge in [0.2, 0.25) is 0 Å². The zero-order valence-corrected chi connectivity index (χ0v) is 9.10. The largest absolute Gasteiger partial charge is 0.309 e. The zero-order valence-electron chi connectivity index (χ0n) is 8.28. The molecule has 76 valence electrons. The Bertz CT molecular complexity index is 198. The van der Waals surface area contributed by atoms with Crippen LogP contribution in [0.4, 0.5) is 0 Å². The van der Waals surface area contributed by atoms with Crippen LogP contribution in [-0.4, -0.2) is 44.0 Å². The smallest absolute Gasteiger partial charge is 0.256 e. The van der Waals surface area contributed by atoms with E-state index in [0.29, 0.717) is 13.0 Å². The van der Waals surface area contributed by atoms with Crippen molar-refractivity contribution in [3.05, 3.63) is 0 Å². The molecule has 0 aliphatic rings. The van der Waals surface area contributed by atoms with E-state index in [1.165, 1.54) is 0 Å². The first kappa shape index (κ1) is 14.8. The van der Waals surface area contributed by atoms with Crippen LogP contribution in [0.25, 0.3) is 0 Å². The number of nitrogens with zero attached hydrogens (tertiary/aromatic N) is 3. The van der Waals surface area contributed by atoms with Crippen molar-refractivity contribution in [2.75, 3.05) is 27.2 Å². The number of halogens is 1. The summed E-state index contributed by atoms with van der Waals surface area (Å²) in [6, 6.07) is 2.34. The normalized spacial score (nSPS) is 8.62. The summed E-state index contributed by atoms with van der Waals surface area (Å²) in [5.74, 6) is -0.166. The van der Waals surface area contributed by atoms with Crippen LogP contribution >= 0.6 is 12.4 Å². The average molecular weight is 206 g/mol. The SMILES string of the molecule is CCN=C=NC(=O)CCN(C)C.Cl. The van der Waals surface area contributed by atoms with Crippen molar-refractivity contribution in [1.29, 1.82) is 0 Å². The van der Waals surface area contributed by atoms with Crippen LogP contribution in [0.15, 0.2) is 9.98 Å². The molecule has 0 radical (unpaired) electrons. The number of carbonyl (C=O) groups excluding carboxylic acids is 1. The Morgan fingerprint density at radius 1 is 1.46 bits per heavy atom. The van der Waals surface area contributed by atoms with Crippen LogP contribution in [0.2, 0.25) is 0 Å². The first-order valence-corrected chi connectivity index (χ1v) is 3.96. The predicted octanol–water partition coefficient (Wildman–Crippen LogP) is 1.08. The second-order valence-corrected chi connectivity index (χ2v) is 2.63. The van der Waals surface area contributed by atoms with E-state index in [0.717, 1.165) is 6.54 Å². The Kier molecular flexibility index (Phi) is 10.7. The van der Waals surface area contributed by atoms with Gasteiger partial charge in [-0.1, -0.05) is 0 Å². The molecule has 0 bridgehead atoms. The maximum absolute atomic E-state index is 10.9. The molecule has 0 aliphatic carbocycles. The Morgan fingerprint density at radius 2 is 2.08 bits per heavy atom. The highest BCUT2D eigenvalue weighted by Crippen LogP contribution is 1.85. The number of carbonyl (C=O) groups is 1. The molecule has 0 saturated carbocycles. The molecular formula is C8H16ClN3O. The highest BCUT2D eigenvalue weighted by atomic mass is 35.5. The molecule has 0 atom stereocenters. The first-order chi connectivity index (χ1) is 5.66. The third-order valence-corrected chi connectivity index (χ3v) is 1.18. The molecule has 0 spiro atoms. The molecule has 0 unspecified atom stereocenters. The molecule has 13 heavy (non-hydrogen) atoms. The van der Waals surface area contributed by atoms with Crippen LogP contribution in [0.5, 0.6) is 0 Å². The van der Waals surface area contributed by atoms with Gasteiger partial charge in [0, 0.05) is 19.5 Å². The lowest BCUT2D eigenvalue weighted by Gasteiger charge is -2.05. The maximum Gasteiger partial charge on any atom is 0.256 e. The van der Waals surface area contributed by atoms with Crippen LogP contribution in [0.1, 0.15) is 13.3 Å². The van der Waals surface area contributed by atoms with Gasteiger partial charge in [0.1, 0.15) is 0 Å². The van der Waals surface area contributed by atoms with Gasteiger partial charge in [-0.05, 0) is 21.0 Å². The summed E-state index contributed by atoms with van der Waals surface area (Å²) in [4.78, 5) is 20.0. The lowest BCUT2D eigenvalue weighted by atomic mass is 10.4. The molecule has 0 saturated heterocycles. The van der Waals surface area contributed by atoms with Gasteiger partial charge in [0.15, 0.2) is 0 Å². The van der Waals surface area contributed by atoms with E-state index >= 15 is 0 Å². The van der Waals surface area contributed by atoms with Crippen molar-refractivity contribution in [2.24, 2.45) is 9.98 Å². The van der Waals surface area contributed by atoms with Crippen molar-refractivity contribution in [3.63, 3.8) is 0 Å². The summed E-state index contributed by atoms with van der Waals surface area (Å²) in [6.07, 6.45) is 0.430. The van der Waals surface area contributed by atoms with Gasteiger partial charge in [-0.25, -0.2) is 4.99 Å². The fraction of sp³-hybridized carbons (Fsp3) is 0.750. The summed E-state index contributed by atoms with van der Waals surface area (Å²) in [5, 5.41) is 0. The number of hydrogen-bond donors (Lipinski definition) is 0. The Balaban J connectivity index is 0. The second-order valence-electron chi connectivity index (χ2n) is 2.63. The molecule has 0 aromatic rings. The van der Waals surface area contributed by atoms with Crippen molar-refractivity contribution < 1.29 is 4.79 Å². The lowest BCUT2D eigenvalue weighted by Crippen LogP contribution is -2.15. The molecule has 0 aliphatic heterocycles. The average Bonchev–Trinajstić information content (AvgIpc) is 2.01. The summed E-state index contributed by atoms with van der Waals surface area (Å²) < 4.78 is 0. The van der Waals surface area contributed by atoms with E-state index in [4.69, 9.17) is 0 Å². The quantitative estimate of drug-likeness (QED) is 0.645. The van der Waals surface area contributed by atoms with Gasteiger partial charge in [-0.2, -0.15) is 0 Å². The zero-order chi connectivity index (χ0) is 9.40. The number of amides is 1. The Labute approximate surface area is 85.2 Å². The van der Waals surface area contributed by atoms with Crippen LogP contribution in [0, 0.1) is 0 Å². The first-order valence-electron chi connectivity index (χ1n) is 3.96. The van der Waals surface area contributed by atoms with E-state index in [1.54, 1.807) is 0 Å². The maximum atomic E-state index is 10.9. The van der Waals surface area contributed by atoms with E-state index in [2.05, 4.69) is 16.0 Å². The van der Waals surface area contributed by atoms with Gasteiger partial charge in [0.25, 0.3) is 5.91 Å². The molecule has 0 heterocycles. The molecule has 0 N–H and O–H groups in total. The van der Waals surface area contributed by atoms with E-state index in [1.807, 2.05) is 25.9 Å². The molecule has 0 fully saturated rings. The van der Waals surface area contributed by atoms with E-state index < -0.39 is 0 Å². The number of hydrogen-bond acceptors (Lipinski definition) is 3. The minimum atomic E-state index is -0.166. The van der Waals surface area contributed by atoms with Crippen LogP contribution < -0.4 is 0 Å². The minimum Gasteiger partial charge on any atom is -0.309 e. The molecule has 0 aromatic heterocycles. The Hall–Kier alpha value is -0.700. The monoisotopic (exact) mass is 205 g/mol. The Morgan fingerprint density at radius 3 is 2.54 bits per heavy atom. The summed E-state index contributed by atoms with van der Waals surface area (Å²) in [5.41, 5.74) is 0. The van der Waals surface area contributed by atoms with Gasteiger partial charge in [0.05, 0.1) is 6.01 Å². The number of aliphatic imine (C=N–C) groups is 2. The van der Waals surface area contributed by atoms with Gasteiger partial charge in [-0.15, -0.1) is 17.4 Å². The summed E-state index contributed by atoms with van der Waals surface area (Å²) in [6.45, 7) is 3.20. The third kappa shape index (κ3) is 11.3. The van der Waals surface area contributed by atoms with Gasteiger partial charge in [-0.3, -0.25) is 4.79 Å². The lowest BCUT2D eigenvalue weighted by molar-refractivity contribution is -0.117. The van der Waals surface area contributed by atoms with Crippen molar-refractivity contribution in [1.82, 2.24) is 4.90 Å². The molecule has 1 amide bonds. The molecule has 0 aromatic carbocycles.